The third kappa shape index (κ3) is 11.6. The summed E-state index contributed by atoms with van der Waals surface area (Å²) in [4.78, 5) is 68.6. The number of carbonyl (C=O) groups excluding carboxylic acids is 5. The number of thioether (sulfide) groups is 1. The maximum absolute atomic E-state index is 14.1. The molecule has 16 nitrogen and oxygen atoms in total. The molecule has 17 heteroatoms. The van der Waals surface area contributed by atoms with Gasteiger partial charge in [-0.3, -0.25) is 19.2 Å². The van der Waals surface area contributed by atoms with Crippen LogP contribution in [0.1, 0.15) is 69.1 Å². The van der Waals surface area contributed by atoms with Gasteiger partial charge in [0.15, 0.2) is 6.10 Å². The van der Waals surface area contributed by atoms with Crippen LogP contribution in [0.2, 0.25) is 0 Å². The molecule has 0 unspecified atom stereocenters. The normalized spacial score (nSPS) is 21.0. The highest BCUT2D eigenvalue weighted by molar-refractivity contribution is 8.00. The number of amides is 6. The van der Waals surface area contributed by atoms with Gasteiger partial charge in [-0.05, 0) is 67.8 Å². The van der Waals surface area contributed by atoms with E-state index in [9.17, 15) is 24.0 Å². The van der Waals surface area contributed by atoms with Gasteiger partial charge in [0.25, 0.3) is 5.91 Å². The van der Waals surface area contributed by atoms with Crippen molar-refractivity contribution in [2.24, 2.45) is 5.11 Å². The van der Waals surface area contributed by atoms with E-state index in [1.165, 1.54) is 4.90 Å². The first-order chi connectivity index (χ1) is 28.6. The molecule has 6 atom stereocenters. The van der Waals surface area contributed by atoms with Crippen LogP contribution in [0.4, 0.5) is 16.2 Å². The third-order valence-corrected chi connectivity index (χ3v) is 12.1. The average Bonchev–Trinajstić information content (AvgIpc) is 3.77. The number of nitrogens with one attached hydrogen (secondary N) is 5. The number of azide groups is 1. The molecule has 2 fully saturated rings. The Hall–Kier alpha value is -5.93. The number of carbonyl (C=O) groups is 5. The molecule has 6 amide bonds. The van der Waals surface area contributed by atoms with Gasteiger partial charge in [0.1, 0.15) is 23.6 Å². The zero-order valence-corrected chi connectivity index (χ0v) is 34.0. The summed E-state index contributed by atoms with van der Waals surface area (Å²) >= 11 is 1.89. The highest BCUT2D eigenvalue weighted by Gasteiger charge is 2.43. The standard InChI is InChI=1S/C42H51N9O7S/c1-26(45-36(53)23-27-15-17-29(18-16-27)49-50-43)40(54)47-38-39(28-11-5-3-6-12-28)58-33-20-19-30(24-32(33)51(2)41(38)55)57-22-10-4-9-21-44-35(52)14-8-7-13-34-37-31(25-59-34)46-42(56)48-37/h3,5-6,11-12,15-20,24,26,31,34,37-39H,4,7-10,13-14,21-23,25H2,1-2H3,(H,44,52)(H,45,53)(H,47,54)(H2,46,48,56)/t26-,31-,34-,37-,38-,39+/m0/s1. The summed E-state index contributed by atoms with van der Waals surface area (Å²) < 4.78 is 12.5. The van der Waals surface area contributed by atoms with Crippen LogP contribution in [0.3, 0.4) is 0 Å². The van der Waals surface area contributed by atoms with Crippen LogP contribution in [-0.4, -0.2) is 85.0 Å². The Morgan fingerprint density at radius 2 is 1.80 bits per heavy atom. The Labute approximate surface area is 347 Å². The number of urea groups is 1. The van der Waals surface area contributed by atoms with Gasteiger partial charge >= 0.3 is 6.03 Å². The summed E-state index contributed by atoms with van der Waals surface area (Å²) in [6, 6.07) is 19.2. The van der Waals surface area contributed by atoms with Crippen LogP contribution in [0.15, 0.2) is 77.9 Å². The van der Waals surface area contributed by atoms with Crippen molar-refractivity contribution in [2.75, 3.05) is 30.9 Å². The number of fused-ring (bicyclic) bond motifs is 2. The SMILES string of the molecule is C[C@H](NC(=O)Cc1ccc(N=[N+]=[N-])cc1)C(=O)N[C@@H]1C(=O)N(C)c2cc(OCCCCCNC(=O)CCCC[C@@H]3SC[C@@H]4NC(=O)N[C@@H]43)ccc2O[C@@H]1c1ccccc1. The molecule has 2 saturated heterocycles. The second-order valence-electron chi connectivity index (χ2n) is 14.9. The lowest BCUT2D eigenvalue weighted by molar-refractivity contribution is -0.132. The predicted molar refractivity (Wildman–Crippen MR) is 224 cm³/mol. The fraction of sp³-hybridized carbons (Fsp3) is 0.452. The Balaban J connectivity index is 0.950. The summed E-state index contributed by atoms with van der Waals surface area (Å²) in [5, 5.41) is 18.4. The van der Waals surface area contributed by atoms with Gasteiger partial charge in [-0.15, -0.1) is 0 Å². The molecular weight excluding hydrogens is 775 g/mol. The third-order valence-electron chi connectivity index (χ3n) is 10.6. The van der Waals surface area contributed by atoms with E-state index >= 15 is 0 Å². The van der Waals surface area contributed by atoms with Crippen molar-refractivity contribution in [3.8, 4) is 11.5 Å². The number of anilines is 1. The van der Waals surface area contributed by atoms with Crippen LogP contribution in [0, 0.1) is 0 Å². The molecule has 3 aliphatic rings. The number of benzene rings is 3. The molecule has 3 aromatic carbocycles. The number of ether oxygens (including phenoxy) is 2. The number of nitrogens with zero attached hydrogens (tertiary/aromatic N) is 4. The molecule has 5 N–H and O–H groups in total. The van der Waals surface area contributed by atoms with Gasteiger partial charge in [0.05, 0.1) is 30.8 Å². The maximum Gasteiger partial charge on any atom is 0.315 e. The zero-order chi connectivity index (χ0) is 41.7. The van der Waals surface area contributed by atoms with E-state index in [1.54, 1.807) is 56.4 Å². The first kappa shape index (κ1) is 42.7. The van der Waals surface area contributed by atoms with Gasteiger partial charge in [0, 0.05) is 47.7 Å². The molecule has 0 spiro atoms. The molecule has 312 valence electrons. The second kappa shape index (κ2) is 20.7. The zero-order valence-electron chi connectivity index (χ0n) is 33.2. The summed E-state index contributed by atoms with van der Waals surface area (Å²) in [6.45, 7) is 2.59. The number of likely N-dealkylation sites (N-methyl/N-ethyl adjacent to an activating group) is 1. The van der Waals surface area contributed by atoms with Crippen LogP contribution in [0.25, 0.3) is 10.4 Å². The quantitative estimate of drug-likeness (QED) is 0.0348. The summed E-state index contributed by atoms with van der Waals surface area (Å²) in [7, 11) is 1.62. The Morgan fingerprint density at radius 3 is 2.58 bits per heavy atom. The second-order valence-corrected chi connectivity index (χ2v) is 16.2. The highest BCUT2D eigenvalue weighted by atomic mass is 32.2. The first-order valence-corrected chi connectivity index (χ1v) is 21.1. The van der Waals surface area contributed by atoms with Crippen molar-refractivity contribution in [3.05, 3.63) is 94.4 Å². The van der Waals surface area contributed by atoms with Crippen molar-refractivity contribution in [1.82, 2.24) is 26.6 Å². The summed E-state index contributed by atoms with van der Waals surface area (Å²) in [5.74, 6) is 0.620. The minimum absolute atomic E-state index is 0.00226. The van der Waals surface area contributed by atoms with Crippen molar-refractivity contribution >= 4 is 52.8 Å². The largest absolute Gasteiger partial charge is 0.494 e. The smallest absolute Gasteiger partial charge is 0.315 e. The molecule has 59 heavy (non-hydrogen) atoms. The minimum Gasteiger partial charge on any atom is -0.494 e. The lowest BCUT2D eigenvalue weighted by atomic mass is 10.0. The lowest BCUT2D eigenvalue weighted by Crippen LogP contribution is -2.55. The highest BCUT2D eigenvalue weighted by Crippen LogP contribution is 2.40. The Bertz CT molecular complexity index is 2010. The van der Waals surface area contributed by atoms with E-state index in [0.29, 0.717) is 58.8 Å². The Morgan fingerprint density at radius 1 is 1.00 bits per heavy atom. The van der Waals surface area contributed by atoms with E-state index in [2.05, 4.69) is 36.6 Å². The number of unbranched alkanes of at least 4 members (excludes halogenated alkanes) is 3. The molecule has 0 saturated carbocycles. The molecule has 3 aromatic rings. The fourth-order valence-electron chi connectivity index (χ4n) is 7.39. The number of rotatable bonds is 19. The topological polar surface area (TPSA) is 216 Å². The molecule has 0 aromatic heterocycles. The maximum atomic E-state index is 14.1. The average molecular weight is 826 g/mol. The van der Waals surface area contributed by atoms with Gasteiger partial charge in [0.2, 0.25) is 17.7 Å². The first-order valence-electron chi connectivity index (χ1n) is 20.0. The van der Waals surface area contributed by atoms with E-state index in [0.717, 1.165) is 44.3 Å². The molecular formula is C42H51N9O7S. The minimum atomic E-state index is -1.13. The van der Waals surface area contributed by atoms with Crippen LogP contribution in [0.5, 0.6) is 11.5 Å². The summed E-state index contributed by atoms with van der Waals surface area (Å²) in [6.07, 6.45) is 4.83. The number of hydrogen-bond donors (Lipinski definition) is 5. The van der Waals surface area contributed by atoms with Crippen LogP contribution < -0.4 is 41.0 Å². The van der Waals surface area contributed by atoms with Gasteiger partial charge in [-0.2, -0.15) is 11.8 Å². The van der Waals surface area contributed by atoms with Crippen molar-refractivity contribution < 1.29 is 33.4 Å². The van der Waals surface area contributed by atoms with Crippen molar-refractivity contribution in [1.29, 1.82) is 0 Å². The lowest BCUT2D eigenvalue weighted by Gasteiger charge is -2.28. The van der Waals surface area contributed by atoms with E-state index < -0.39 is 35.9 Å². The summed E-state index contributed by atoms with van der Waals surface area (Å²) in [5.41, 5.74) is 10.9. The van der Waals surface area contributed by atoms with E-state index in [-0.39, 0.29) is 30.4 Å². The fourth-order valence-corrected chi connectivity index (χ4v) is 8.93. The molecule has 6 rings (SSSR count). The van der Waals surface area contributed by atoms with Crippen LogP contribution >= 0.6 is 11.8 Å². The van der Waals surface area contributed by atoms with Crippen LogP contribution in [-0.2, 0) is 25.6 Å². The monoisotopic (exact) mass is 825 g/mol. The molecule has 0 aliphatic carbocycles. The molecule has 0 bridgehead atoms. The van der Waals surface area contributed by atoms with Gasteiger partial charge in [-0.25, -0.2) is 4.79 Å². The van der Waals surface area contributed by atoms with Gasteiger partial charge < -0.3 is 41.0 Å². The predicted octanol–water partition coefficient (Wildman–Crippen LogP) is 5.35. The van der Waals surface area contributed by atoms with Crippen molar-refractivity contribution in [2.45, 2.75) is 93.8 Å². The van der Waals surface area contributed by atoms with Crippen molar-refractivity contribution in [3.63, 3.8) is 0 Å². The van der Waals surface area contributed by atoms with E-state index in [1.807, 2.05) is 42.1 Å². The number of hydrogen-bond acceptors (Lipinski definition) is 9. The molecule has 3 heterocycles. The van der Waals surface area contributed by atoms with Gasteiger partial charge in [-0.1, -0.05) is 66.1 Å². The molecule has 0 radical (unpaired) electrons. The Kier molecular flexibility index (Phi) is 14.9. The van der Waals surface area contributed by atoms with E-state index in [4.69, 9.17) is 15.0 Å². The molecule has 3 aliphatic heterocycles.